The van der Waals surface area contributed by atoms with Gasteiger partial charge in [-0.15, -0.1) is 0 Å². The minimum Gasteiger partial charge on any atom is -0.507 e. The van der Waals surface area contributed by atoms with Crippen LogP contribution in [0.1, 0.15) is 20.7 Å². The lowest BCUT2D eigenvalue weighted by molar-refractivity contribution is 0.0485. The third-order valence-corrected chi connectivity index (χ3v) is 4.00. The van der Waals surface area contributed by atoms with Gasteiger partial charge in [0, 0.05) is 6.20 Å². The molecule has 0 spiro atoms. The molecule has 7 nitrogen and oxygen atoms in total. The Labute approximate surface area is 148 Å². The van der Waals surface area contributed by atoms with Crippen molar-refractivity contribution in [2.75, 3.05) is 6.61 Å². The van der Waals surface area contributed by atoms with Crippen LogP contribution in [0, 0.1) is 0 Å². The zero-order valence-electron chi connectivity index (χ0n) is 13.5. The van der Waals surface area contributed by atoms with Crippen LogP contribution in [0.2, 0.25) is 0 Å². The molecular weight excluding hydrogens is 336 g/mol. The highest BCUT2D eigenvalue weighted by Gasteiger charge is 2.29. The third-order valence-electron chi connectivity index (χ3n) is 4.00. The largest absolute Gasteiger partial charge is 0.507 e. The van der Waals surface area contributed by atoms with Crippen molar-refractivity contribution in [3.63, 3.8) is 0 Å². The Hall–Kier alpha value is -3.61. The molecule has 1 unspecified atom stereocenters. The lowest BCUT2D eigenvalue weighted by Gasteiger charge is -2.24. The number of aromatic nitrogens is 2. The summed E-state index contributed by atoms with van der Waals surface area (Å²) < 4.78 is 12.2. The molecule has 1 aromatic heterocycles. The molecule has 3 aromatic rings. The van der Waals surface area contributed by atoms with E-state index in [4.69, 9.17) is 9.47 Å². The van der Waals surface area contributed by atoms with Crippen molar-refractivity contribution in [2.24, 2.45) is 0 Å². The summed E-state index contributed by atoms with van der Waals surface area (Å²) in [5, 5.41) is 13.8. The van der Waals surface area contributed by atoms with E-state index in [9.17, 15) is 14.7 Å². The molecule has 2 aromatic carbocycles. The predicted molar refractivity (Wildman–Crippen MR) is 90.7 cm³/mol. The lowest BCUT2D eigenvalue weighted by Crippen LogP contribution is -2.39. The first-order valence-corrected chi connectivity index (χ1v) is 7.93. The Morgan fingerprint density at radius 3 is 2.62 bits per heavy atom. The molecular formula is C19H14N2O5. The van der Waals surface area contributed by atoms with Crippen LogP contribution in [-0.2, 0) is 0 Å². The molecule has 0 fully saturated rings. The van der Waals surface area contributed by atoms with E-state index in [1.54, 1.807) is 30.3 Å². The quantitative estimate of drug-likeness (QED) is 0.729. The van der Waals surface area contributed by atoms with E-state index in [2.05, 4.69) is 5.10 Å². The number of nitrogens with zero attached hydrogens (tertiary/aromatic N) is 2. The minimum absolute atomic E-state index is 0.0540. The van der Waals surface area contributed by atoms with Crippen molar-refractivity contribution in [3.05, 3.63) is 72.1 Å². The van der Waals surface area contributed by atoms with Crippen LogP contribution in [0.4, 0.5) is 0 Å². The Morgan fingerprint density at radius 1 is 1.08 bits per heavy atom. The number of rotatable bonds is 3. The molecule has 4 rings (SSSR count). The van der Waals surface area contributed by atoms with E-state index >= 15 is 0 Å². The monoisotopic (exact) mass is 350 g/mol. The number of phenolic OH excluding ortho intramolecular Hbond substituents is 1. The molecule has 0 saturated carbocycles. The van der Waals surface area contributed by atoms with Crippen molar-refractivity contribution < 1.29 is 24.2 Å². The smallest absolute Gasteiger partial charge is 0.291 e. The highest BCUT2D eigenvalue weighted by molar-refractivity contribution is 6.10. The first kappa shape index (κ1) is 15.9. The number of phenols is 1. The van der Waals surface area contributed by atoms with E-state index in [1.807, 2.05) is 6.07 Å². The van der Waals surface area contributed by atoms with Crippen LogP contribution in [-0.4, -0.2) is 39.3 Å². The van der Waals surface area contributed by atoms with Crippen LogP contribution < -0.4 is 9.47 Å². The molecule has 130 valence electrons. The Balaban J connectivity index is 1.54. The van der Waals surface area contributed by atoms with Gasteiger partial charge in [0.2, 0.25) is 6.10 Å². The zero-order chi connectivity index (χ0) is 18.1. The predicted octanol–water partition coefficient (Wildman–Crippen LogP) is 2.30. The van der Waals surface area contributed by atoms with Gasteiger partial charge in [0.05, 0.1) is 17.3 Å². The number of hydrogen-bond donors (Lipinski definition) is 1. The molecule has 1 N–H and O–H groups in total. The lowest BCUT2D eigenvalue weighted by atomic mass is 10.1. The van der Waals surface area contributed by atoms with Crippen LogP contribution in [0.25, 0.3) is 0 Å². The van der Waals surface area contributed by atoms with Crippen LogP contribution >= 0.6 is 0 Å². The fourth-order valence-corrected chi connectivity index (χ4v) is 2.67. The molecule has 7 heteroatoms. The summed E-state index contributed by atoms with van der Waals surface area (Å²) in [7, 11) is 0. The molecule has 0 amide bonds. The zero-order valence-corrected chi connectivity index (χ0v) is 13.5. The number of carbonyl (C=O) groups excluding carboxylic acids is 2. The number of aromatic hydroxyl groups is 1. The maximum atomic E-state index is 12.6. The number of hydrogen-bond acceptors (Lipinski definition) is 6. The highest BCUT2D eigenvalue weighted by atomic mass is 16.6. The van der Waals surface area contributed by atoms with Crippen LogP contribution in [0.3, 0.4) is 0 Å². The molecule has 0 saturated heterocycles. The van der Waals surface area contributed by atoms with E-state index in [0.717, 1.165) is 4.68 Å². The number of fused-ring (bicyclic) bond motifs is 1. The summed E-state index contributed by atoms with van der Waals surface area (Å²) >= 11 is 0. The Bertz CT molecular complexity index is 995. The van der Waals surface area contributed by atoms with E-state index < -0.39 is 17.8 Å². The van der Waals surface area contributed by atoms with E-state index in [1.165, 1.54) is 24.5 Å². The average Bonchev–Trinajstić information content (AvgIpc) is 3.17. The second-order valence-corrected chi connectivity index (χ2v) is 5.72. The number of benzene rings is 2. The summed E-state index contributed by atoms with van der Waals surface area (Å²) in [5.41, 5.74) is 0.336. The van der Waals surface area contributed by atoms with Crippen molar-refractivity contribution in [2.45, 2.75) is 6.10 Å². The van der Waals surface area contributed by atoms with Crippen LogP contribution in [0.5, 0.6) is 17.2 Å². The number of para-hydroxylation sites is 3. The topological polar surface area (TPSA) is 90.7 Å². The summed E-state index contributed by atoms with van der Waals surface area (Å²) in [6, 6.07) is 13.3. The normalized spacial score (nSPS) is 15.5. The third kappa shape index (κ3) is 2.79. The molecule has 2 heterocycles. The molecule has 0 radical (unpaired) electrons. The van der Waals surface area contributed by atoms with E-state index in [-0.39, 0.29) is 23.5 Å². The fourth-order valence-electron chi connectivity index (χ4n) is 2.67. The summed E-state index contributed by atoms with van der Waals surface area (Å²) in [6.45, 7) is 0.0540. The van der Waals surface area contributed by atoms with Crippen molar-refractivity contribution >= 4 is 11.7 Å². The highest BCUT2D eigenvalue weighted by Crippen LogP contribution is 2.31. The van der Waals surface area contributed by atoms with Gasteiger partial charge < -0.3 is 14.6 Å². The number of ether oxygens (including phenoxy) is 2. The van der Waals surface area contributed by atoms with Gasteiger partial charge >= 0.3 is 0 Å². The van der Waals surface area contributed by atoms with Gasteiger partial charge in [-0.3, -0.25) is 9.59 Å². The summed E-state index contributed by atoms with van der Waals surface area (Å²) in [4.78, 5) is 25.0. The second-order valence-electron chi connectivity index (χ2n) is 5.72. The Kier molecular flexibility index (Phi) is 3.89. The van der Waals surface area contributed by atoms with Crippen molar-refractivity contribution in [1.29, 1.82) is 0 Å². The average molecular weight is 350 g/mol. The molecule has 0 bridgehead atoms. The van der Waals surface area contributed by atoms with Gasteiger partial charge in [-0.2, -0.15) is 5.10 Å². The van der Waals surface area contributed by atoms with Gasteiger partial charge in [-0.05, 0) is 24.3 Å². The van der Waals surface area contributed by atoms with Gasteiger partial charge in [-0.25, -0.2) is 4.68 Å². The van der Waals surface area contributed by atoms with Crippen LogP contribution in [0.15, 0.2) is 60.9 Å². The van der Waals surface area contributed by atoms with Gasteiger partial charge in [0.25, 0.3) is 5.91 Å². The molecule has 1 atom stereocenters. The summed E-state index contributed by atoms with van der Waals surface area (Å²) in [6.07, 6.45) is 1.74. The van der Waals surface area contributed by atoms with Gasteiger partial charge in [-0.1, -0.05) is 24.3 Å². The van der Waals surface area contributed by atoms with E-state index in [0.29, 0.717) is 11.5 Å². The number of carbonyl (C=O) groups is 2. The number of ketones is 1. The molecule has 0 aliphatic carbocycles. The maximum Gasteiger partial charge on any atom is 0.291 e. The second kappa shape index (κ2) is 6.36. The van der Waals surface area contributed by atoms with Gasteiger partial charge in [0.15, 0.2) is 17.3 Å². The standard InChI is InChI=1S/C19H14N2O5/c22-14-6-2-1-5-13(14)18(23)12-9-20-21(10-12)19(24)17-11-25-15-7-3-4-8-16(15)26-17/h1-10,17,22H,11H2. The fraction of sp³-hybridized carbons (Fsp3) is 0.105. The molecule has 1 aliphatic rings. The first-order chi connectivity index (χ1) is 12.6. The SMILES string of the molecule is O=C(c1cnn(C(=O)C2COc3ccccc3O2)c1)c1ccccc1O. The molecule has 1 aliphatic heterocycles. The van der Waals surface area contributed by atoms with Crippen molar-refractivity contribution in [3.8, 4) is 17.2 Å². The van der Waals surface area contributed by atoms with Crippen molar-refractivity contribution in [1.82, 2.24) is 9.78 Å². The minimum atomic E-state index is -0.863. The molecule has 26 heavy (non-hydrogen) atoms. The van der Waals surface area contributed by atoms with Gasteiger partial charge in [0.1, 0.15) is 12.4 Å². The Morgan fingerprint density at radius 2 is 1.81 bits per heavy atom. The summed E-state index contributed by atoms with van der Waals surface area (Å²) in [5.74, 6) is 0.0588. The maximum absolute atomic E-state index is 12.6. The first-order valence-electron chi connectivity index (χ1n) is 7.93.